The van der Waals surface area contributed by atoms with Crippen LogP contribution in [0.4, 0.5) is 0 Å². The largest absolute Gasteiger partial charge is 0.496 e. The summed E-state index contributed by atoms with van der Waals surface area (Å²) in [5.74, 6) is 0.278. The summed E-state index contributed by atoms with van der Waals surface area (Å²) in [5, 5.41) is 18.9. The first-order valence-corrected chi connectivity index (χ1v) is 6.83. The van der Waals surface area contributed by atoms with Crippen LogP contribution in [0, 0.1) is 20.8 Å². The number of rotatable bonds is 6. The van der Waals surface area contributed by atoms with Gasteiger partial charge in [-0.25, -0.2) is 4.79 Å². The van der Waals surface area contributed by atoms with Gasteiger partial charge in [0, 0.05) is 5.56 Å². The standard InChI is InChI=1S/C16H24O5/c1-9-10(2)14(21-6)12(11(3)13(9)20-5)7-8-16(4,19)15(17)18/h19H,7-8H2,1-6H3,(H,17,18)/t16-/m0/s1. The Balaban J connectivity index is 3.29. The van der Waals surface area contributed by atoms with Gasteiger partial charge < -0.3 is 19.7 Å². The van der Waals surface area contributed by atoms with E-state index in [0.29, 0.717) is 6.42 Å². The Morgan fingerprint density at radius 1 is 1.05 bits per heavy atom. The fourth-order valence-electron chi connectivity index (χ4n) is 2.51. The average Bonchev–Trinajstić information content (AvgIpc) is 2.41. The van der Waals surface area contributed by atoms with Gasteiger partial charge in [0.2, 0.25) is 0 Å². The van der Waals surface area contributed by atoms with Gasteiger partial charge in [0.1, 0.15) is 11.5 Å². The smallest absolute Gasteiger partial charge is 0.335 e. The van der Waals surface area contributed by atoms with Crippen molar-refractivity contribution in [1.82, 2.24) is 0 Å². The summed E-state index contributed by atoms with van der Waals surface area (Å²) in [5.41, 5.74) is 1.99. The minimum atomic E-state index is -1.76. The SMILES string of the molecule is COc1c(C)c(C)c(OC)c(CC[C@](C)(O)C(=O)O)c1C. The normalized spacial score (nSPS) is 13.7. The van der Waals surface area contributed by atoms with Gasteiger partial charge in [-0.05, 0) is 57.2 Å². The summed E-state index contributed by atoms with van der Waals surface area (Å²) in [6, 6.07) is 0. The zero-order valence-electron chi connectivity index (χ0n) is 13.5. The van der Waals surface area contributed by atoms with E-state index in [0.717, 1.165) is 33.8 Å². The highest BCUT2D eigenvalue weighted by Gasteiger charge is 2.30. The summed E-state index contributed by atoms with van der Waals surface area (Å²) in [4.78, 5) is 11.0. The lowest BCUT2D eigenvalue weighted by atomic mass is 9.90. The Kier molecular flexibility index (Phi) is 5.23. The Bertz CT molecular complexity index is 546. The van der Waals surface area contributed by atoms with Crippen molar-refractivity contribution in [3.63, 3.8) is 0 Å². The van der Waals surface area contributed by atoms with E-state index in [2.05, 4.69) is 0 Å². The number of benzene rings is 1. The molecular weight excluding hydrogens is 272 g/mol. The second-order valence-corrected chi connectivity index (χ2v) is 5.50. The Morgan fingerprint density at radius 2 is 1.52 bits per heavy atom. The van der Waals surface area contributed by atoms with Crippen molar-refractivity contribution < 1.29 is 24.5 Å². The number of methoxy groups -OCH3 is 2. The molecule has 0 heterocycles. The molecule has 0 aliphatic rings. The van der Waals surface area contributed by atoms with E-state index in [1.54, 1.807) is 14.2 Å². The molecule has 0 fully saturated rings. The van der Waals surface area contributed by atoms with Crippen LogP contribution in [0.15, 0.2) is 0 Å². The van der Waals surface area contributed by atoms with E-state index >= 15 is 0 Å². The van der Waals surface area contributed by atoms with Gasteiger partial charge in [-0.15, -0.1) is 0 Å². The first-order chi connectivity index (χ1) is 9.67. The molecule has 1 aromatic rings. The summed E-state index contributed by atoms with van der Waals surface area (Å²) in [6.45, 7) is 7.11. The average molecular weight is 296 g/mol. The summed E-state index contributed by atoms with van der Waals surface area (Å²) in [6.07, 6.45) is 0.497. The first-order valence-electron chi connectivity index (χ1n) is 6.83. The van der Waals surface area contributed by atoms with Crippen LogP contribution < -0.4 is 9.47 Å². The van der Waals surface area contributed by atoms with Gasteiger partial charge in [-0.1, -0.05) is 0 Å². The van der Waals surface area contributed by atoms with Crippen molar-refractivity contribution in [1.29, 1.82) is 0 Å². The highest BCUT2D eigenvalue weighted by Crippen LogP contribution is 2.38. The molecule has 0 bridgehead atoms. The van der Waals surface area contributed by atoms with Crippen molar-refractivity contribution in [2.45, 2.75) is 46.1 Å². The van der Waals surface area contributed by atoms with Crippen molar-refractivity contribution in [2.24, 2.45) is 0 Å². The zero-order chi connectivity index (χ0) is 16.4. The van der Waals surface area contributed by atoms with Crippen LogP contribution in [0.2, 0.25) is 0 Å². The van der Waals surface area contributed by atoms with Crippen molar-refractivity contribution in [3.8, 4) is 11.5 Å². The Morgan fingerprint density at radius 3 is 1.95 bits per heavy atom. The molecule has 0 amide bonds. The maximum Gasteiger partial charge on any atom is 0.335 e. The molecule has 0 aromatic heterocycles. The van der Waals surface area contributed by atoms with Gasteiger partial charge in [0.05, 0.1) is 14.2 Å². The van der Waals surface area contributed by atoms with E-state index in [-0.39, 0.29) is 6.42 Å². The van der Waals surface area contributed by atoms with Crippen LogP contribution >= 0.6 is 0 Å². The van der Waals surface area contributed by atoms with E-state index in [1.165, 1.54) is 6.92 Å². The van der Waals surface area contributed by atoms with Crippen LogP contribution in [-0.2, 0) is 11.2 Å². The van der Waals surface area contributed by atoms with Crippen LogP contribution in [0.1, 0.15) is 35.6 Å². The molecule has 5 nitrogen and oxygen atoms in total. The summed E-state index contributed by atoms with van der Waals surface area (Å²) >= 11 is 0. The number of hydrogen-bond acceptors (Lipinski definition) is 4. The number of aliphatic hydroxyl groups is 1. The van der Waals surface area contributed by atoms with Gasteiger partial charge in [-0.2, -0.15) is 0 Å². The number of hydrogen-bond donors (Lipinski definition) is 2. The van der Waals surface area contributed by atoms with Crippen LogP contribution in [-0.4, -0.2) is 36.0 Å². The lowest BCUT2D eigenvalue weighted by Crippen LogP contribution is -2.35. The van der Waals surface area contributed by atoms with Crippen LogP contribution in [0.25, 0.3) is 0 Å². The summed E-state index contributed by atoms with van der Waals surface area (Å²) < 4.78 is 10.9. The lowest BCUT2D eigenvalue weighted by molar-refractivity contribution is -0.157. The highest BCUT2D eigenvalue weighted by molar-refractivity contribution is 5.76. The maximum absolute atomic E-state index is 11.0. The van der Waals surface area contributed by atoms with Crippen LogP contribution in [0.3, 0.4) is 0 Å². The molecule has 21 heavy (non-hydrogen) atoms. The van der Waals surface area contributed by atoms with E-state index in [4.69, 9.17) is 14.6 Å². The van der Waals surface area contributed by atoms with Gasteiger partial charge in [-0.3, -0.25) is 0 Å². The number of aliphatic carboxylic acids is 1. The van der Waals surface area contributed by atoms with Gasteiger partial charge >= 0.3 is 5.97 Å². The molecule has 0 aliphatic carbocycles. The predicted molar refractivity (Wildman–Crippen MR) is 80.3 cm³/mol. The third kappa shape index (κ3) is 3.29. The first kappa shape index (κ1) is 17.3. The quantitative estimate of drug-likeness (QED) is 0.843. The molecule has 0 saturated carbocycles. The Hall–Kier alpha value is -1.75. The molecule has 1 aromatic carbocycles. The molecule has 2 N–H and O–H groups in total. The number of carboxylic acid groups (broad SMARTS) is 1. The van der Waals surface area contributed by atoms with Crippen molar-refractivity contribution in [2.75, 3.05) is 14.2 Å². The fraction of sp³-hybridized carbons (Fsp3) is 0.562. The van der Waals surface area contributed by atoms with Crippen molar-refractivity contribution >= 4 is 5.97 Å². The molecule has 0 saturated heterocycles. The fourth-order valence-corrected chi connectivity index (χ4v) is 2.51. The zero-order valence-corrected chi connectivity index (χ0v) is 13.5. The third-order valence-electron chi connectivity index (χ3n) is 4.04. The van der Waals surface area contributed by atoms with E-state index < -0.39 is 11.6 Å². The van der Waals surface area contributed by atoms with E-state index in [9.17, 15) is 9.90 Å². The molecule has 5 heteroatoms. The van der Waals surface area contributed by atoms with E-state index in [1.807, 2.05) is 20.8 Å². The summed E-state index contributed by atoms with van der Waals surface area (Å²) in [7, 11) is 3.20. The minimum absolute atomic E-state index is 0.102. The minimum Gasteiger partial charge on any atom is -0.496 e. The topological polar surface area (TPSA) is 76.0 Å². The molecule has 0 radical (unpaired) electrons. The molecule has 0 aliphatic heterocycles. The van der Waals surface area contributed by atoms with Gasteiger partial charge in [0.15, 0.2) is 5.60 Å². The number of carbonyl (C=O) groups is 1. The monoisotopic (exact) mass is 296 g/mol. The lowest BCUT2D eigenvalue weighted by Gasteiger charge is -2.23. The molecule has 0 spiro atoms. The molecule has 1 atom stereocenters. The molecule has 1 rings (SSSR count). The van der Waals surface area contributed by atoms with Crippen LogP contribution in [0.5, 0.6) is 11.5 Å². The number of ether oxygens (including phenoxy) is 2. The van der Waals surface area contributed by atoms with Gasteiger partial charge in [0.25, 0.3) is 0 Å². The Labute approximate surface area is 125 Å². The molecular formula is C16H24O5. The second-order valence-electron chi connectivity index (χ2n) is 5.50. The third-order valence-corrected chi connectivity index (χ3v) is 4.04. The number of carboxylic acids is 1. The molecule has 0 unspecified atom stereocenters. The highest BCUT2D eigenvalue weighted by atomic mass is 16.5. The molecule has 118 valence electrons. The second kappa shape index (κ2) is 6.35. The predicted octanol–water partition coefficient (Wildman–Crippen LogP) is 2.40. The maximum atomic E-state index is 11.0. The van der Waals surface area contributed by atoms with Crippen molar-refractivity contribution in [3.05, 3.63) is 22.3 Å².